The van der Waals surface area contributed by atoms with Crippen molar-refractivity contribution >= 4 is 12.1 Å². The molecule has 8 heteroatoms. The van der Waals surface area contributed by atoms with Gasteiger partial charge in [-0.25, -0.2) is 9.59 Å². The van der Waals surface area contributed by atoms with Crippen LogP contribution in [0.2, 0.25) is 0 Å². The zero-order valence-electron chi connectivity index (χ0n) is 13.4. The number of hydrogen-bond acceptors (Lipinski definition) is 5. The van der Waals surface area contributed by atoms with Gasteiger partial charge in [0.2, 0.25) is 0 Å². The SMILES string of the molecule is Cc1nn(CCN(CCO)C(=O)OC(C)(C)C)cc1C(=O)O. The first-order chi connectivity index (χ1) is 10.1. The molecule has 0 aliphatic heterocycles. The molecule has 0 aliphatic rings. The molecule has 0 atom stereocenters. The summed E-state index contributed by atoms with van der Waals surface area (Å²) >= 11 is 0. The van der Waals surface area contributed by atoms with Crippen molar-refractivity contribution in [3.05, 3.63) is 17.5 Å². The van der Waals surface area contributed by atoms with Crippen molar-refractivity contribution in [2.24, 2.45) is 0 Å². The Labute approximate surface area is 129 Å². The van der Waals surface area contributed by atoms with Gasteiger partial charge in [-0.1, -0.05) is 0 Å². The number of aromatic carboxylic acids is 1. The van der Waals surface area contributed by atoms with Gasteiger partial charge in [-0.2, -0.15) is 5.10 Å². The first-order valence-corrected chi connectivity index (χ1v) is 7.00. The molecule has 1 rings (SSSR count). The standard InChI is InChI=1S/C14H23N3O5/c1-10-11(12(19)20)9-17(15-10)6-5-16(7-8-18)13(21)22-14(2,3)4/h9,18H,5-8H2,1-4H3,(H,19,20). The minimum Gasteiger partial charge on any atom is -0.478 e. The molecule has 0 fully saturated rings. The Hall–Kier alpha value is -2.09. The number of carbonyl (C=O) groups excluding carboxylic acids is 1. The van der Waals surface area contributed by atoms with Crippen molar-refractivity contribution in [2.45, 2.75) is 39.8 Å². The van der Waals surface area contributed by atoms with Crippen LogP contribution < -0.4 is 0 Å². The van der Waals surface area contributed by atoms with Crippen molar-refractivity contribution in [1.29, 1.82) is 0 Å². The quantitative estimate of drug-likeness (QED) is 0.815. The Bertz CT molecular complexity index is 533. The predicted octanol–water partition coefficient (Wildman–Crippen LogP) is 1.12. The van der Waals surface area contributed by atoms with E-state index in [0.29, 0.717) is 12.2 Å². The maximum absolute atomic E-state index is 12.0. The number of carbonyl (C=O) groups is 2. The van der Waals surface area contributed by atoms with Gasteiger partial charge in [0.05, 0.1) is 18.8 Å². The molecule has 1 amide bonds. The van der Waals surface area contributed by atoms with Crippen molar-refractivity contribution in [2.75, 3.05) is 19.7 Å². The van der Waals surface area contributed by atoms with E-state index in [1.807, 2.05) is 0 Å². The molecule has 0 spiro atoms. The number of aliphatic hydroxyl groups excluding tert-OH is 1. The number of ether oxygens (including phenoxy) is 1. The molecule has 1 aromatic heterocycles. The van der Waals surface area contributed by atoms with Crippen LogP contribution in [0.5, 0.6) is 0 Å². The van der Waals surface area contributed by atoms with Crippen LogP contribution in [0.3, 0.4) is 0 Å². The molecule has 8 nitrogen and oxygen atoms in total. The second-order valence-electron chi connectivity index (χ2n) is 5.89. The lowest BCUT2D eigenvalue weighted by Crippen LogP contribution is -2.40. The molecule has 0 aromatic carbocycles. The molecule has 0 unspecified atom stereocenters. The lowest BCUT2D eigenvalue weighted by Gasteiger charge is -2.26. The van der Waals surface area contributed by atoms with Crippen molar-refractivity contribution < 1.29 is 24.5 Å². The smallest absolute Gasteiger partial charge is 0.410 e. The zero-order valence-corrected chi connectivity index (χ0v) is 13.4. The molecule has 0 aliphatic carbocycles. The van der Waals surface area contributed by atoms with Crippen LogP contribution >= 0.6 is 0 Å². The summed E-state index contributed by atoms with van der Waals surface area (Å²) in [6, 6.07) is 0. The first kappa shape index (κ1) is 18.0. The minimum atomic E-state index is -1.04. The van der Waals surface area contributed by atoms with Gasteiger partial charge in [-0.3, -0.25) is 4.68 Å². The number of amides is 1. The predicted molar refractivity (Wildman–Crippen MR) is 78.8 cm³/mol. The Morgan fingerprint density at radius 3 is 2.45 bits per heavy atom. The fourth-order valence-corrected chi connectivity index (χ4v) is 1.81. The highest BCUT2D eigenvalue weighted by atomic mass is 16.6. The van der Waals surface area contributed by atoms with Gasteiger partial charge in [0.1, 0.15) is 11.2 Å². The second-order valence-corrected chi connectivity index (χ2v) is 5.89. The molecule has 1 aromatic rings. The molecule has 0 radical (unpaired) electrons. The van der Waals surface area contributed by atoms with Gasteiger partial charge in [-0.05, 0) is 27.7 Å². The number of hydrogen-bond donors (Lipinski definition) is 2. The third-order valence-corrected chi connectivity index (χ3v) is 2.80. The first-order valence-electron chi connectivity index (χ1n) is 7.00. The highest BCUT2D eigenvalue weighted by molar-refractivity contribution is 5.88. The fraction of sp³-hybridized carbons (Fsp3) is 0.643. The number of aryl methyl sites for hydroxylation is 1. The third kappa shape index (κ3) is 5.36. The maximum Gasteiger partial charge on any atom is 0.410 e. The van der Waals surface area contributed by atoms with Gasteiger partial charge in [0.15, 0.2) is 0 Å². The van der Waals surface area contributed by atoms with Gasteiger partial charge in [0, 0.05) is 19.3 Å². The lowest BCUT2D eigenvalue weighted by atomic mass is 10.2. The summed E-state index contributed by atoms with van der Waals surface area (Å²) in [5.41, 5.74) is -0.0757. The van der Waals surface area contributed by atoms with Crippen molar-refractivity contribution in [1.82, 2.24) is 14.7 Å². The van der Waals surface area contributed by atoms with E-state index in [4.69, 9.17) is 14.9 Å². The van der Waals surface area contributed by atoms with Crippen LogP contribution in [0.1, 0.15) is 36.8 Å². The number of carboxylic acid groups (broad SMARTS) is 1. The molecule has 22 heavy (non-hydrogen) atoms. The molecule has 0 bridgehead atoms. The van der Waals surface area contributed by atoms with E-state index in [9.17, 15) is 9.59 Å². The Morgan fingerprint density at radius 2 is 2.00 bits per heavy atom. The fourth-order valence-electron chi connectivity index (χ4n) is 1.81. The van der Waals surface area contributed by atoms with Crippen molar-refractivity contribution in [3.8, 4) is 0 Å². The summed E-state index contributed by atoms with van der Waals surface area (Å²) in [4.78, 5) is 24.4. The van der Waals surface area contributed by atoms with Crippen LogP contribution in [0.4, 0.5) is 4.79 Å². The van der Waals surface area contributed by atoms with Gasteiger partial charge in [0.25, 0.3) is 0 Å². The Kier molecular flexibility index (Phi) is 5.92. The van der Waals surface area contributed by atoms with Crippen molar-refractivity contribution in [3.63, 3.8) is 0 Å². The summed E-state index contributed by atoms with van der Waals surface area (Å²) < 4.78 is 6.73. The van der Waals surface area contributed by atoms with Gasteiger partial charge in [-0.15, -0.1) is 0 Å². The normalized spacial score (nSPS) is 11.3. The molecule has 0 saturated heterocycles. The molecule has 2 N–H and O–H groups in total. The van der Waals surface area contributed by atoms with Crippen LogP contribution in [-0.2, 0) is 11.3 Å². The summed E-state index contributed by atoms with van der Waals surface area (Å²) in [5, 5.41) is 22.1. The van der Waals surface area contributed by atoms with E-state index < -0.39 is 17.7 Å². The lowest BCUT2D eigenvalue weighted by molar-refractivity contribution is 0.0210. The Morgan fingerprint density at radius 1 is 1.36 bits per heavy atom. The highest BCUT2D eigenvalue weighted by Crippen LogP contribution is 2.10. The Balaban J connectivity index is 2.70. The summed E-state index contributed by atoms with van der Waals surface area (Å²) in [6.07, 6.45) is 0.896. The third-order valence-electron chi connectivity index (χ3n) is 2.80. The zero-order chi connectivity index (χ0) is 16.9. The number of nitrogens with zero attached hydrogens (tertiary/aromatic N) is 3. The number of carboxylic acids is 1. The highest BCUT2D eigenvalue weighted by Gasteiger charge is 2.22. The minimum absolute atomic E-state index is 0.131. The number of aromatic nitrogens is 2. The molecule has 1 heterocycles. The average Bonchev–Trinajstić information content (AvgIpc) is 2.73. The van der Waals surface area contributed by atoms with Crippen LogP contribution in [0, 0.1) is 6.92 Å². The number of rotatable bonds is 6. The monoisotopic (exact) mass is 313 g/mol. The van der Waals surface area contributed by atoms with Crippen LogP contribution in [0.25, 0.3) is 0 Å². The second kappa shape index (κ2) is 7.26. The summed E-state index contributed by atoms with van der Waals surface area (Å²) in [5.74, 6) is -1.04. The largest absolute Gasteiger partial charge is 0.478 e. The molecule has 124 valence electrons. The summed E-state index contributed by atoms with van der Waals surface area (Å²) in [6.45, 7) is 7.43. The van der Waals surface area contributed by atoms with Crippen LogP contribution in [0.15, 0.2) is 6.20 Å². The van der Waals surface area contributed by atoms with Crippen LogP contribution in [-0.4, -0.2) is 62.3 Å². The van der Waals surface area contributed by atoms with E-state index in [0.717, 1.165) is 0 Å². The maximum atomic E-state index is 12.0. The van der Waals surface area contributed by atoms with Gasteiger partial charge < -0.3 is 19.8 Å². The molecule has 0 saturated carbocycles. The van der Waals surface area contributed by atoms with Gasteiger partial charge >= 0.3 is 12.1 Å². The average molecular weight is 313 g/mol. The van der Waals surface area contributed by atoms with E-state index in [1.54, 1.807) is 27.7 Å². The number of aliphatic hydroxyl groups is 1. The van der Waals surface area contributed by atoms with E-state index in [-0.39, 0.29) is 25.3 Å². The van der Waals surface area contributed by atoms with E-state index in [2.05, 4.69) is 5.10 Å². The summed E-state index contributed by atoms with van der Waals surface area (Å²) in [7, 11) is 0. The molecular weight excluding hydrogens is 290 g/mol. The topological polar surface area (TPSA) is 105 Å². The van der Waals surface area contributed by atoms with E-state index >= 15 is 0 Å². The van der Waals surface area contributed by atoms with E-state index in [1.165, 1.54) is 15.8 Å². The molecular formula is C14H23N3O5.